The van der Waals surface area contributed by atoms with Gasteiger partial charge in [-0.25, -0.2) is 0 Å². The summed E-state index contributed by atoms with van der Waals surface area (Å²) in [5.41, 5.74) is 3.72. The van der Waals surface area contributed by atoms with E-state index < -0.39 is 23.2 Å². The predicted molar refractivity (Wildman–Crippen MR) is 216 cm³/mol. The highest BCUT2D eigenvalue weighted by atomic mass is 32.1. The van der Waals surface area contributed by atoms with Crippen LogP contribution in [0.3, 0.4) is 0 Å². The molecule has 3 aromatic carbocycles. The average molecular weight is 752 g/mol. The molecule has 1 saturated carbocycles. The third-order valence-corrected chi connectivity index (χ3v) is 12.8. The van der Waals surface area contributed by atoms with Crippen LogP contribution in [0.25, 0.3) is 0 Å². The first-order valence-corrected chi connectivity index (χ1v) is 20.4. The molecule has 7 rings (SSSR count). The summed E-state index contributed by atoms with van der Waals surface area (Å²) >= 11 is 1.73. The van der Waals surface area contributed by atoms with Crippen LogP contribution >= 0.6 is 11.3 Å². The number of fused-ring (bicyclic) bond motifs is 8. The zero-order valence-corrected chi connectivity index (χ0v) is 32.9. The zero-order chi connectivity index (χ0) is 38.1. The van der Waals surface area contributed by atoms with E-state index >= 15 is 0 Å². The van der Waals surface area contributed by atoms with Gasteiger partial charge in [0.2, 0.25) is 0 Å². The lowest BCUT2D eigenvalue weighted by atomic mass is 9.64. The van der Waals surface area contributed by atoms with Gasteiger partial charge in [0.1, 0.15) is 5.75 Å². The lowest BCUT2D eigenvalue weighted by Crippen LogP contribution is -2.54. The van der Waals surface area contributed by atoms with Crippen LogP contribution in [0.15, 0.2) is 102 Å². The summed E-state index contributed by atoms with van der Waals surface area (Å²) in [4.78, 5) is 17.9. The summed E-state index contributed by atoms with van der Waals surface area (Å²) in [7, 11) is 1.61. The Kier molecular flexibility index (Phi) is 13.6. The molecular formula is C46H57NO6S. The molecule has 0 radical (unpaired) electrons. The number of rotatable bonds is 14. The van der Waals surface area contributed by atoms with E-state index in [1.54, 1.807) is 18.4 Å². The Labute approximate surface area is 325 Å². The van der Waals surface area contributed by atoms with Crippen LogP contribution in [0.4, 0.5) is 0 Å². The van der Waals surface area contributed by atoms with E-state index in [0.717, 1.165) is 48.8 Å². The highest BCUT2D eigenvalue weighted by Crippen LogP contribution is 2.59. The second kappa shape index (κ2) is 18.3. The molecule has 1 aromatic heterocycles. The maximum Gasteiger partial charge on any atom is 0.193 e. The van der Waals surface area contributed by atoms with Crippen LogP contribution in [0.2, 0.25) is 0 Å². The molecule has 7 nitrogen and oxygen atoms in total. The van der Waals surface area contributed by atoms with Crippen molar-refractivity contribution in [1.82, 2.24) is 4.90 Å². The molecular weight excluding hydrogens is 695 g/mol. The van der Waals surface area contributed by atoms with Gasteiger partial charge in [0.05, 0.1) is 38.1 Å². The van der Waals surface area contributed by atoms with E-state index in [-0.39, 0.29) is 18.3 Å². The van der Waals surface area contributed by atoms with Crippen LogP contribution in [-0.2, 0) is 24.2 Å². The summed E-state index contributed by atoms with van der Waals surface area (Å²) in [6.45, 7) is 6.44. The van der Waals surface area contributed by atoms with Gasteiger partial charge in [-0.15, -0.1) is 11.3 Å². The first-order valence-electron chi connectivity index (χ1n) is 19.5. The number of nitrogens with zero attached hydrogens (tertiary/aromatic N) is 1. The maximum atomic E-state index is 14.4. The van der Waals surface area contributed by atoms with Crippen molar-refractivity contribution in [3.63, 3.8) is 0 Å². The highest BCUT2D eigenvalue weighted by Gasteiger charge is 2.57. The molecule has 288 valence electrons. The van der Waals surface area contributed by atoms with Crippen molar-refractivity contribution in [1.29, 1.82) is 0 Å². The van der Waals surface area contributed by atoms with Crippen LogP contribution in [0.1, 0.15) is 95.8 Å². The molecule has 1 heterocycles. The molecule has 2 bridgehead atoms. The lowest BCUT2D eigenvalue weighted by Gasteiger charge is -2.46. The molecule has 0 spiro atoms. The smallest absolute Gasteiger partial charge is 0.193 e. The molecule has 0 aliphatic heterocycles. The number of allylic oxidation sites excluding steroid dienone is 2. The molecule has 5 atom stereocenters. The van der Waals surface area contributed by atoms with Gasteiger partial charge in [-0.1, -0.05) is 67.1 Å². The van der Waals surface area contributed by atoms with E-state index in [0.29, 0.717) is 62.4 Å². The quantitative estimate of drug-likeness (QED) is 0.0884. The molecule has 4 aromatic rings. The van der Waals surface area contributed by atoms with Crippen LogP contribution in [0, 0.1) is 5.41 Å². The Morgan fingerprint density at radius 3 is 2.56 bits per heavy atom. The summed E-state index contributed by atoms with van der Waals surface area (Å²) in [5, 5.41) is 37.4. The standard InChI is InChI=1S/C46H57NO6S/c1-33-9-7-23-45(2)43(41-20-14-35(27-37(48)17-13-33)28-42(41)44(50)36-15-18-39(52-3)19-16-36)21-24-46(45,51)32-47(25-22-40-12-8-26-54-40)29-38(49)31-53-30-34-10-5-4-6-11-34/h4-6,8-12,14-16,18-20,26,28,37-38,43,48-49,51H,7,13,17,21-25,27,29-32H2,1-3H3/t37-,38+,43-,45-,46+/m0/s1. The summed E-state index contributed by atoms with van der Waals surface area (Å²) in [5.74, 6) is 0.529. The fourth-order valence-electron chi connectivity index (χ4n) is 8.66. The number of hydrogen-bond donors (Lipinski definition) is 3. The Hall–Kier alpha value is -3.63. The van der Waals surface area contributed by atoms with E-state index in [1.165, 1.54) is 10.5 Å². The third kappa shape index (κ3) is 9.78. The van der Waals surface area contributed by atoms with Crippen molar-refractivity contribution in [2.24, 2.45) is 5.41 Å². The Morgan fingerprint density at radius 2 is 1.81 bits per heavy atom. The topological polar surface area (TPSA) is 99.5 Å². The number of benzene rings is 3. The summed E-state index contributed by atoms with van der Waals surface area (Å²) in [6.07, 6.45) is 6.58. The van der Waals surface area contributed by atoms with E-state index in [4.69, 9.17) is 9.47 Å². The van der Waals surface area contributed by atoms with Crippen LogP contribution in [0.5, 0.6) is 5.75 Å². The number of ether oxygens (including phenoxy) is 2. The van der Waals surface area contributed by atoms with Gasteiger partial charge in [0.15, 0.2) is 5.78 Å². The van der Waals surface area contributed by atoms with Crippen molar-refractivity contribution in [2.45, 2.75) is 95.5 Å². The number of ketones is 1. The van der Waals surface area contributed by atoms with Crippen LogP contribution in [-0.4, -0.2) is 77.2 Å². The van der Waals surface area contributed by atoms with Gasteiger partial charge >= 0.3 is 0 Å². The molecule has 1 fully saturated rings. The van der Waals surface area contributed by atoms with Gasteiger partial charge in [0, 0.05) is 41.1 Å². The SMILES string of the molecule is COc1ccc(C(=O)c2cc3ccc2[C@@H]2CC[C@@](O)(CN(CCc4cccs4)C[C@@H](O)COCc4ccccc4)[C@@]2(C)CCC=C(C)CC[C@H](O)C3)cc1. The van der Waals surface area contributed by atoms with Gasteiger partial charge < -0.3 is 24.8 Å². The predicted octanol–water partition coefficient (Wildman–Crippen LogP) is 8.15. The number of aliphatic hydroxyl groups excluding tert-OH is 2. The van der Waals surface area contributed by atoms with E-state index in [1.807, 2.05) is 60.7 Å². The third-order valence-electron chi connectivity index (χ3n) is 11.9. The van der Waals surface area contributed by atoms with Gasteiger partial charge in [-0.2, -0.15) is 0 Å². The molecule has 3 aliphatic carbocycles. The Morgan fingerprint density at radius 1 is 1.02 bits per heavy atom. The Balaban J connectivity index is 1.32. The van der Waals surface area contributed by atoms with Crippen LogP contribution < -0.4 is 4.74 Å². The largest absolute Gasteiger partial charge is 0.497 e. The first kappa shape index (κ1) is 40.0. The maximum absolute atomic E-state index is 14.4. The number of hydrogen-bond acceptors (Lipinski definition) is 8. The van der Waals surface area contributed by atoms with Crippen molar-refractivity contribution in [3.05, 3.63) is 135 Å². The van der Waals surface area contributed by atoms with Crippen molar-refractivity contribution < 1.29 is 29.6 Å². The minimum atomic E-state index is -1.09. The van der Waals surface area contributed by atoms with Gasteiger partial charge in [-0.05, 0) is 123 Å². The van der Waals surface area contributed by atoms with Crippen molar-refractivity contribution in [3.8, 4) is 5.75 Å². The number of aliphatic hydroxyl groups is 3. The average Bonchev–Trinajstić information content (AvgIpc) is 3.78. The Bertz CT molecular complexity index is 1830. The molecule has 3 aliphatic rings. The van der Waals surface area contributed by atoms with Gasteiger partial charge in [0.25, 0.3) is 0 Å². The first-order chi connectivity index (χ1) is 26.1. The minimum Gasteiger partial charge on any atom is -0.497 e. The summed E-state index contributed by atoms with van der Waals surface area (Å²) in [6, 6.07) is 27.5. The molecule has 0 unspecified atom stereocenters. The fraction of sp³-hybridized carbons (Fsp3) is 0.457. The van der Waals surface area contributed by atoms with Crippen molar-refractivity contribution in [2.75, 3.05) is 33.4 Å². The summed E-state index contributed by atoms with van der Waals surface area (Å²) < 4.78 is 11.3. The molecule has 3 N–H and O–H groups in total. The number of carbonyl (C=O) groups is 1. The number of carbonyl (C=O) groups excluding carboxylic acids is 1. The molecule has 0 amide bonds. The normalized spacial score (nSPS) is 23.8. The second-order valence-corrected chi connectivity index (χ2v) is 16.8. The zero-order valence-electron chi connectivity index (χ0n) is 32.1. The van der Waals surface area contributed by atoms with Crippen molar-refractivity contribution >= 4 is 17.1 Å². The highest BCUT2D eigenvalue weighted by molar-refractivity contribution is 7.09. The lowest BCUT2D eigenvalue weighted by molar-refractivity contribution is -0.0905. The monoisotopic (exact) mass is 751 g/mol. The molecule has 54 heavy (non-hydrogen) atoms. The number of thiophene rings is 1. The van der Waals surface area contributed by atoms with E-state index in [9.17, 15) is 20.1 Å². The fourth-order valence-corrected chi connectivity index (χ4v) is 9.36. The minimum absolute atomic E-state index is 0.0687. The van der Waals surface area contributed by atoms with Gasteiger partial charge in [-0.3, -0.25) is 9.69 Å². The second-order valence-electron chi connectivity index (χ2n) is 15.7. The number of methoxy groups -OCH3 is 1. The molecule has 0 saturated heterocycles. The molecule has 8 heteroatoms. The van der Waals surface area contributed by atoms with E-state index in [2.05, 4.69) is 54.5 Å².